The van der Waals surface area contributed by atoms with E-state index in [0.29, 0.717) is 63.7 Å². The van der Waals surface area contributed by atoms with Gasteiger partial charge in [0.1, 0.15) is 24.7 Å². The van der Waals surface area contributed by atoms with Gasteiger partial charge in [-0.15, -0.1) is 0 Å². The van der Waals surface area contributed by atoms with Crippen molar-refractivity contribution in [1.82, 2.24) is 4.90 Å². The van der Waals surface area contributed by atoms with Crippen LogP contribution in [-0.4, -0.2) is 90.2 Å². The standard InChI is InChI=1S/C25H33N3O6.2O.U/c1-28-10-8-26-18-20-4-2-6-22(24(20)29)33-16-14-31-12-13-32-15-17-34-23-7-3-5-21(25(23)30)19-27-9-11-28;;;/h2-7,18-19,29-30H,8-17H2,1H3;;;/q;2*-2;/p-2. The summed E-state index contributed by atoms with van der Waals surface area (Å²) in [5.74, 6) is 0.180. The number of aliphatic imine (C=N–C) groups is 2. The van der Waals surface area contributed by atoms with Crippen molar-refractivity contribution in [3.05, 3.63) is 47.5 Å². The van der Waals surface area contributed by atoms with E-state index in [4.69, 9.17) is 18.9 Å². The first-order valence-electron chi connectivity index (χ1n) is 11.3. The molecule has 0 N–H and O–H groups in total. The van der Waals surface area contributed by atoms with E-state index < -0.39 is 0 Å². The smallest absolute Gasteiger partial charge is 0.112 e. The fraction of sp³-hybridized carbons (Fsp3) is 0.440. The van der Waals surface area contributed by atoms with Crippen molar-refractivity contribution in [2.24, 2.45) is 9.98 Å². The minimum absolute atomic E-state index is 0. The van der Waals surface area contributed by atoms with Crippen molar-refractivity contribution in [2.75, 3.05) is 72.9 Å². The minimum Gasteiger partial charge on any atom is -2.00 e. The minimum atomic E-state index is -0.191. The van der Waals surface area contributed by atoms with Gasteiger partial charge in [-0.05, 0) is 30.3 Å². The maximum Gasteiger partial charge on any atom is 0.112 e. The van der Waals surface area contributed by atoms with Gasteiger partial charge in [-0.2, -0.15) is 0 Å². The fourth-order valence-electron chi connectivity index (χ4n) is 3.13. The Morgan fingerprint density at radius 1 is 0.676 bits per heavy atom. The van der Waals surface area contributed by atoms with Crippen molar-refractivity contribution in [3.63, 3.8) is 0 Å². The zero-order valence-electron chi connectivity index (χ0n) is 20.8. The number of likely N-dealkylation sites (N-methyl/N-ethyl adjacent to an activating group) is 1. The van der Waals surface area contributed by atoms with Crippen LogP contribution in [-0.2, 0) is 20.4 Å². The number of ether oxygens (including phenoxy) is 4. The average molecular weight is 740 g/mol. The van der Waals surface area contributed by atoms with E-state index >= 15 is 0 Å². The molecule has 1 heterocycles. The van der Waals surface area contributed by atoms with Gasteiger partial charge in [0, 0.05) is 56.6 Å². The Morgan fingerprint density at radius 2 is 1.08 bits per heavy atom. The van der Waals surface area contributed by atoms with Crippen LogP contribution in [0.15, 0.2) is 46.4 Å². The topological polar surface area (TPSA) is 168 Å². The van der Waals surface area contributed by atoms with Crippen LogP contribution in [0.3, 0.4) is 0 Å². The van der Waals surface area contributed by atoms with Crippen LogP contribution in [0.25, 0.3) is 0 Å². The predicted molar refractivity (Wildman–Crippen MR) is 128 cm³/mol. The molecule has 0 radical (unpaired) electrons. The van der Waals surface area contributed by atoms with Crippen LogP contribution >= 0.6 is 0 Å². The molecule has 0 unspecified atom stereocenters. The Morgan fingerprint density at radius 3 is 1.51 bits per heavy atom. The predicted octanol–water partition coefficient (Wildman–Crippen LogP) is 0.870. The van der Waals surface area contributed by atoms with Gasteiger partial charge < -0.3 is 45.0 Å². The molecule has 1 aliphatic heterocycles. The molecule has 0 aliphatic carbocycles. The molecule has 0 aromatic heterocycles. The van der Waals surface area contributed by atoms with Gasteiger partial charge in [0.05, 0.1) is 39.5 Å². The second-order valence-corrected chi connectivity index (χ2v) is 7.64. The number of nitrogens with zero attached hydrogens (tertiary/aromatic N) is 3. The van der Waals surface area contributed by atoms with Crippen LogP contribution in [0.2, 0.25) is 0 Å². The van der Waals surface area contributed by atoms with Crippen molar-refractivity contribution in [3.8, 4) is 23.0 Å². The molecule has 0 fully saturated rings. The van der Waals surface area contributed by atoms with Gasteiger partial charge in [0.15, 0.2) is 0 Å². The van der Waals surface area contributed by atoms with Crippen LogP contribution in [0, 0.1) is 31.1 Å². The van der Waals surface area contributed by atoms with E-state index in [9.17, 15) is 10.2 Å². The quantitative estimate of drug-likeness (QED) is 0.387. The molecule has 12 heteroatoms. The Kier molecular flexibility index (Phi) is 18.7. The van der Waals surface area contributed by atoms with Crippen molar-refractivity contribution in [2.45, 2.75) is 0 Å². The Hall–Kier alpha value is -2.17. The maximum atomic E-state index is 12.5. The van der Waals surface area contributed by atoms with E-state index in [0.717, 1.165) is 0 Å². The summed E-state index contributed by atoms with van der Waals surface area (Å²) in [5, 5.41) is 25.0. The van der Waals surface area contributed by atoms with Gasteiger partial charge in [0.25, 0.3) is 0 Å². The van der Waals surface area contributed by atoms with E-state index in [1.165, 1.54) is 0 Å². The molecule has 2 aromatic carbocycles. The van der Waals surface area contributed by atoms with E-state index in [-0.39, 0.29) is 78.3 Å². The summed E-state index contributed by atoms with van der Waals surface area (Å²) in [6, 6.07) is 10.3. The molecule has 0 atom stereocenters. The van der Waals surface area contributed by atoms with Crippen molar-refractivity contribution < 1.29 is 71.2 Å². The molecule has 0 saturated carbocycles. The van der Waals surface area contributed by atoms with Crippen LogP contribution in [0.4, 0.5) is 0 Å². The molecule has 0 spiro atoms. The SMILES string of the molecule is CN1CCN=Cc2cccc(c2[O-])OCCOCCOCCOc2cccc(c2[O-])C=NCC1.[O-2].[O-2].[U]. The van der Waals surface area contributed by atoms with E-state index in [1.54, 1.807) is 48.8 Å². The summed E-state index contributed by atoms with van der Waals surface area (Å²) in [6.07, 6.45) is 3.17. The van der Waals surface area contributed by atoms with E-state index in [1.807, 2.05) is 7.05 Å². The summed E-state index contributed by atoms with van der Waals surface area (Å²) in [6.45, 7) is 4.47. The molecule has 3 rings (SSSR count). The Bertz CT molecular complexity index is 886. The molecule has 204 valence electrons. The third kappa shape index (κ3) is 12.3. The third-order valence-corrected chi connectivity index (χ3v) is 5.04. The van der Waals surface area contributed by atoms with Crippen molar-refractivity contribution in [1.29, 1.82) is 0 Å². The molecule has 37 heavy (non-hydrogen) atoms. The number of hydrogen-bond acceptors (Lipinski definition) is 9. The van der Waals surface area contributed by atoms with Gasteiger partial charge in [0.2, 0.25) is 0 Å². The summed E-state index contributed by atoms with van der Waals surface area (Å²) in [5.41, 5.74) is 0.977. The Balaban J connectivity index is 0.00000432. The second-order valence-electron chi connectivity index (χ2n) is 7.64. The Labute approximate surface area is 241 Å². The third-order valence-electron chi connectivity index (χ3n) is 5.04. The van der Waals surface area contributed by atoms with Crippen molar-refractivity contribution >= 4 is 12.4 Å². The van der Waals surface area contributed by atoms with Gasteiger partial charge >= 0.3 is 0 Å². The molecule has 1 aliphatic rings. The zero-order chi connectivity index (χ0) is 24.0. The molecule has 4 bridgehead atoms. The zero-order valence-corrected chi connectivity index (χ0v) is 25.0. The number of fused-ring (bicyclic) bond motifs is 4. The van der Waals surface area contributed by atoms with E-state index in [2.05, 4.69) is 14.9 Å². The van der Waals surface area contributed by atoms with Gasteiger partial charge in [-0.1, -0.05) is 35.8 Å². The van der Waals surface area contributed by atoms with Gasteiger partial charge in [-0.3, -0.25) is 9.98 Å². The first-order valence-corrected chi connectivity index (χ1v) is 11.3. The summed E-state index contributed by atoms with van der Waals surface area (Å²) in [4.78, 5) is 10.8. The molecule has 0 amide bonds. The summed E-state index contributed by atoms with van der Waals surface area (Å²) < 4.78 is 22.1. The second kappa shape index (κ2) is 19.9. The molecular weight excluding hydrogens is 708 g/mol. The number of benzene rings is 2. The van der Waals surface area contributed by atoms with Crippen LogP contribution in [0.5, 0.6) is 23.0 Å². The first kappa shape index (κ1) is 34.8. The van der Waals surface area contributed by atoms with Crippen LogP contribution < -0.4 is 19.7 Å². The first-order chi connectivity index (χ1) is 16.6. The average Bonchev–Trinajstić information content (AvgIpc) is 2.83. The van der Waals surface area contributed by atoms with Crippen LogP contribution in [0.1, 0.15) is 11.1 Å². The number of rotatable bonds is 0. The molecular formula is C25H31N3O8U-6. The number of para-hydroxylation sites is 2. The summed E-state index contributed by atoms with van der Waals surface area (Å²) in [7, 11) is 1.97. The molecule has 11 nitrogen and oxygen atoms in total. The normalized spacial score (nSPS) is 16.2. The maximum absolute atomic E-state index is 12.5. The molecule has 0 saturated heterocycles. The molecule has 2 aromatic rings. The summed E-state index contributed by atoms with van der Waals surface area (Å²) >= 11 is 0. The monoisotopic (exact) mass is 739 g/mol. The number of hydrogen-bond donors (Lipinski definition) is 0. The largest absolute Gasteiger partial charge is 2.00 e. The van der Waals surface area contributed by atoms with Gasteiger partial charge in [-0.25, -0.2) is 0 Å². The fourth-order valence-corrected chi connectivity index (χ4v) is 3.13.